The van der Waals surface area contributed by atoms with Crippen LogP contribution in [0.25, 0.3) is 0 Å². The molecule has 3 rings (SSSR count). The molecule has 1 amide bonds. The first-order valence-corrected chi connectivity index (χ1v) is 8.09. The summed E-state index contributed by atoms with van der Waals surface area (Å²) in [7, 11) is 1.92. The number of anilines is 1. The number of hydrogen-bond donors (Lipinski definition) is 1. The lowest BCUT2D eigenvalue weighted by atomic mass is 10.0. The van der Waals surface area contributed by atoms with E-state index in [1.54, 1.807) is 11.3 Å². The van der Waals surface area contributed by atoms with Crippen molar-refractivity contribution >= 4 is 22.9 Å². The molecule has 2 aromatic rings. The van der Waals surface area contributed by atoms with E-state index in [1.165, 1.54) is 0 Å². The van der Waals surface area contributed by atoms with E-state index in [2.05, 4.69) is 16.4 Å². The number of nitrogens with one attached hydrogen (secondary N) is 1. The Balaban J connectivity index is 1.75. The van der Waals surface area contributed by atoms with E-state index in [0.29, 0.717) is 5.92 Å². The fraction of sp³-hybridized carbons (Fsp3) is 0.375. The summed E-state index contributed by atoms with van der Waals surface area (Å²) < 4.78 is 0. The first kappa shape index (κ1) is 14.1. The predicted octanol–water partition coefficient (Wildman–Crippen LogP) is 3.12. The molecule has 1 aliphatic rings. The van der Waals surface area contributed by atoms with Crippen molar-refractivity contribution in [1.82, 2.24) is 9.88 Å². The van der Waals surface area contributed by atoms with E-state index < -0.39 is 0 Å². The Labute approximate surface area is 128 Å². The average molecular weight is 301 g/mol. The minimum atomic E-state index is 0.139. The highest BCUT2D eigenvalue weighted by atomic mass is 32.1. The van der Waals surface area contributed by atoms with Crippen LogP contribution in [0.1, 0.15) is 34.1 Å². The van der Waals surface area contributed by atoms with Gasteiger partial charge in [0, 0.05) is 48.5 Å². The van der Waals surface area contributed by atoms with Crippen molar-refractivity contribution in [2.24, 2.45) is 0 Å². The Morgan fingerprint density at radius 3 is 3.05 bits per heavy atom. The minimum Gasteiger partial charge on any atom is -0.388 e. The second-order valence-electron chi connectivity index (χ2n) is 5.42. The Kier molecular flexibility index (Phi) is 3.92. The zero-order chi connectivity index (χ0) is 14.8. The number of pyridine rings is 1. The predicted molar refractivity (Wildman–Crippen MR) is 86.1 cm³/mol. The third-order valence-electron chi connectivity index (χ3n) is 3.92. The molecule has 1 fully saturated rings. The van der Waals surface area contributed by atoms with E-state index in [1.807, 2.05) is 41.8 Å². The second-order valence-corrected chi connectivity index (χ2v) is 6.20. The minimum absolute atomic E-state index is 0.139. The van der Waals surface area contributed by atoms with Crippen LogP contribution in [0.3, 0.4) is 0 Å². The summed E-state index contributed by atoms with van der Waals surface area (Å²) >= 11 is 1.56. The fourth-order valence-corrected chi connectivity index (χ4v) is 3.43. The highest BCUT2D eigenvalue weighted by Gasteiger charge is 2.29. The van der Waals surface area contributed by atoms with Crippen LogP contribution in [0.4, 0.5) is 5.69 Å². The van der Waals surface area contributed by atoms with Crippen molar-refractivity contribution in [2.45, 2.75) is 19.3 Å². The van der Waals surface area contributed by atoms with Crippen LogP contribution in [-0.2, 0) is 0 Å². The zero-order valence-corrected chi connectivity index (χ0v) is 13.1. The standard InChI is InChI=1S/C16H19N3OS/c1-11-7-14(17-2)8-15(18-11)12-3-5-19(9-12)16(20)13-4-6-21-10-13/h4,6-8,10,12H,3,5,9H2,1-2H3,(H,17,18)/t12-/m1/s1. The number of nitrogens with zero attached hydrogens (tertiary/aromatic N) is 2. The van der Waals surface area contributed by atoms with Crippen molar-refractivity contribution in [2.75, 3.05) is 25.5 Å². The van der Waals surface area contributed by atoms with Gasteiger partial charge in [-0.2, -0.15) is 11.3 Å². The molecule has 1 atom stereocenters. The maximum Gasteiger partial charge on any atom is 0.254 e. The van der Waals surface area contributed by atoms with Crippen molar-refractivity contribution in [3.8, 4) is 0 Å². The molecular weight excluding hydrogens is 282 g/mol. The SMILES string of the molecule is CNc1cc(C)nc([C@@H]2CCN(C(=O)c3ccsc3)C2)c1. The Bertz CT molecular complexity index is 639. The van der Waals surface area contributed by atoms with Gasteiger partial charge in [-0.25, -0.2) is 0 Å². The monoisotopic (exact) mass is 301 g/mol. The van der Waals surface area contributed by atoms with Crippen LogP contribution in [0, 0.1) is 6.92 Å². The number of aromatic nitrogens is 1. The third-order valence-corrected chi connectivity index (χ3v) is 4.61. The number of hydrogen-bond acceptors (Lipinski definition) is 4. The average Bonchev–Trinajstić information content (AvgIpc) is 3.17. The van der Waals surface area contributed by atoms with Gasteiger partial charge < -0.3 is 10.2 Å². The lowest BCUT2D eigenvalue weighted by Gasteiger charge is -2.16. The van der Waals surface area contributed by atoms with E-state index in [0.717, 1.165) is 42.1 Å². The fourth-order valence-electron chi connectivity index (χ4n) is 2.80. The van der Waals surface area contributed by atoms with E-state index >= 15 is 0 Å². The highest BCUT2D eigenvalue weighted by molar-refractivity contribution is 7.08. The van der Waals surface area contributed by atoms with Gasteiger partial charge in [0.25, 0.3) is 5.91 Å². The molecule has 0 aliphatic carbocycles. The lowest BCUT2D eigenvalue weighted by Crippen LogP contribution is -2.28. The molecule has 0 bridgehead atoms. The number of thiophene rings is 1. The number of likely N-dealkylation sites (tertiary alicyclic amines) is 1. The molecule has 0 radical (unpaired) electrons. The largest absolute Gasteiger partial charge is 0.388 e. The van der Waals surface area contributed by atoms with Crippen molar-refractivity contribution < 1.29 is 4.79 Å². The highest BCUT2D eigenvalue weighted by Crippen LogP contribution is 2.29. The molecule has 110 valence electrons. The number of carbonyl (C=O) groups excluding carboxylic acids is 1. The summed E-state index contributed by atoms with van der Waals surface area (Å²) in [5, 5.41) is 7.03. The second kappa shape index (κ2) is 5.85. The molecule has 1 N–H and O–H groups in total. The van der Waals surface area contributed by atoms with Crippen LogP contribution in [0.15, 0.2) is 29.0 Å². The molecule has 21 heavy (non-hydrogen) atoms. The summed E-state index contributed by atoms with van der Waals surface area (Å²) in [6.45, 7) is 3.58. The number of aryl methyl sites for hydroxylation is 1. The molecular formula is C16H19N3OS. The third kappa shape index (κ3) is 2.93. The first-order valence-electron chi connectivity index (χ1n) is 7.15. The summed E-state index contributed by atoms with van der Waals surface area (Å²) in [6.07, 6.45) is 0.982. The van der Waals surface area contributed by atoms with Gasteiger partial charge in [0.05, 0.1) is 5.56 Å². The molecule has 0 spiro atoms. The maximum atomic E-state index is 12.4. The van der Waals surface area contributed by atoms with Gasteiger partial charge in [-0.05, 0) is 36.9 Å². The number of carbonyl (C=O) groups is 1. The summed E-state index contributed by atoms with van der Waals surface area (Å²) in [5.41, 5.74) is 3.98. The summed E-state index contributed by atoms with van der Waals surface area (Å²) in [4.78, 5) is 19.0. The molecule has 3 heterocycles. The normalized spacial score (nSPS) is 18.0. The zero-order valence-electron chi connectivity index (χ0n) is 12.3. The molecule has 0 aromatic carbocycles. The maximum absolute atomic E-state index is 12.4. The topological polar surface area (TPSA) is 45.2 Å². The van der Waals surface area contributed by atoms with Crippen LogP contribution in [0.2, 0.25) is 0 Å². The van der Waals surface area contributed by atoms with Gasteiger partial charge in [-0.15, -0.1) is 0 Å². The summed E-state index contributed by atoms with van der Waals surface area (Å²) in [6, 6.07) is 6.02. The molecule has 0 unspecified atom stereocenters. The number of rotatable bonds is 3. The molecule has 2 aromatic heterocycles. The van der Waals surface area contributed by atoms with Gasteiger partial charge in [-0.3, -0.25) is 9.78 Å². The van der Waals surface area contributed by atoms with Crippen LogP contribution >= 0.6 is 11.3 Å². The molecule has 4 nitrogen and oxygen atoms in total. The quantitative estimate of drug-likeness (QED) is 0.947. The van der Waals surface area contributed by atoms with Crippen LogP contribution in [-0.4, -0.2) is 35.9 Å². The Hall–Kier alpha value is -1.88. The van der Waals surface area contributed by atoms with E-state index in [4.69, 9.17) is 0 Å². The first-order chi connectivity index (χ1) is 10.2. The molecule has 1 saturated heterocycles. The van der Waals surface area contributed by atoms with Gasteiger partial charge >= 0.3 is 0 Å². The Morgan fingerprint density at radius 1 is 1.48 bits per heavy atom. The molecule has 5 heteroatoms. The van der Waals surface area contributed by atoms with Crippen molar-refractivity contribution in [3.05, 3.63) is 45.9 Å². The van der Waals surface area contributed by atoms with E-state index in [9.17, 15) is 4.79 Å². The smallest absolute Gasteiger partial charge is 0.254 e. The summed E-state index contributed by atoms with van der Waals surface area (Å²) in [5.74, 6) is 0.472. The van der Waals surface area contributed by atoms with Gasteiger partial charge in [-0.1, -0.05) is 0 Å². The lowest BCUT2D eigenvalue weighted by molar-refractivity contribution is 0.0791. The van der Waals surface area contributed by atoms with Gasteiger partial charge in [0.2, 0.25) is 0 Å². The van der Waals surface area contributed by atoms with Gasteiger partial charge in [0.1, 0.15) is 0 Å². The van der Waals surface area contributed by atoms with Crippen molar-refractivity contribution in [3.63, 3.8) is 0 Å². The van der Waals surface area contributed by atoms with Crippen LogP contribution < -0.4 is 5.32 Å². The molecule has 0 saturated carbocycles. The Morgan fingerprint density at radius 2 is 2.33 bits per heavy atom. The van der Waals surface area contributed by atoms with Crippen LogP contribution in [0.5, 0.6) is 0 Å². The van der Waals surface area contributed by atoms with Gasteiger partial charge in [0.15, 0.2) is 0 Å². The van der Waals surface area contributed by atoms with Crippen molar-refractivity contribution in [1.29, 1.82) is 0 Å². The number of amides is 1. The van der Waals surface area contributed by atoms with E-state index in [-0.39, 0.29) is 5.91 Å². The molecule has 1 aliphatic heterocycles.